The Kier molecular flexibility index (Phi) is 10.3. The maximum Gasteiger partial charge on any atom is 0.168 e. The van der Waals surface area contributed by atoms with Crippen molar-refractivity contribution in [1.82, 2.24) is 0 Å². The average Bonchev–Trinajstić information content (AvgIpc) is 2.44. The first-order valence-corrected chi connectivity index (χ1v) is 8.98. The fourth-order valence-corrected chi connectivity index (χ4v) is 3.40. The van der Waals surface area contributed by atoms with E-state index in [1.807, 2.05) is 13.8 Å². The third-order valence-electron chi connectivity index (χ3n) is 4.51. The molecule has 22 heavy (non-hydrogen) atoms. The van der Waals surface area contributed by atoms with E-state index in [2.05, 4.69) is 33.8 Å². The molecule has 0 aromatic carbocycles. The summed E-state index contributed by atoms with van der Waals surface area (Å²) in [5.74, 6) is 1.37. The minimum Gasteiger partial charge on any atom is -0.299 e. The van der Waals surface area contributed by atoms with Crippen molar-refractivity contribution in [2.24, 2.45) is 23.7 Å². The fraction of sp³-hybridized carbons (Fsp3) is 0.800. The van der Waals surface area contributed by atoms with Crippen LogP contribution in [-0.4, -0.2) is 11.6 Å². The van der Waals surface area contributed by atoms with Gasteiger partial charge < -0.3 is 0 Å². The van der Waals surface area contributed by atoms with Gasteiger partial charge in [-0.2, -0.15) is 0 Å². The van der Waals surface area contributed by atoms with Crippen LogP contribution in [0.2, 0.25) is 0 Å². The van der Waals surface area contributed by atoms with E-state index in [9.17, 15) is 9.59 Å². The highest BCUT2D eigenvalue weighted by Gasteiger charge is 2.21. The summed E-state index contributed by atoms with van der Waals surface area (Å²) in [7, 11) is 0. The van der Waals surface area contributed by atoms with Crippen LogP contribution < -0.4 is 0 Å². The molecule has 0 heterocycles. The number of carbonyl (C=O) groups is 2. The second-order valence-corrected chi connectivity index (χ2v) is 7.20. The van der Waals surface area contributed by atoms with Crippen LogP contribution in [0.1, 0.15) is 80.6 Å². The van der Waals surface area contributed by atoms with Gasteiger partial charge in [-0.05, 0) is 50.0 Å². The van der Waals surface area contributed by atoms with Gasteiger partial charge in [0.15, 0.2) is 5.78 Å². The monoisotopic (exact) mass is 308 g/mol. The van der Waals surface area contributed by atoms with Crippen LogP contribution in [0.4, 0.5) is 0 Å². The molecule has 0 bridgehead atoms. The molecule has 0 spiro atoms. The molecule has 2 nitrogen and oxygen atoms in total. The van der Waals surface area contributed by atoms with E-state index in [-0.39, 0.29) is 11.6 Å². The second kappa shape index (κ2) is 10.7. The summed E-state index contributed by atoms with van der Waals surface area (Å²) in [4.78, 5) is 23.9. The Balaban J connectivity index is 4.51. The number of carbonyl (C=O) groups excluding carboxylic acids is 2. The van der Waals surface area contributed by atoms with Crippen molar-refractivity contribution in [2.75, 3.05) is 0 Å². The summed E-state index contributed by atoms with van der Waals surface area (Å²) in [6, 6.07) is 0. The molecule has 0 aliphatic rings. The molecule has 0 rings (SSSR count). The van der Waals surface area contributed by atoms with Crippen LogP contribution in [0.5, 0.6) is 0 Å². The van der Waals surface area contributed by atoms with Gasteiger partial charge in [-0.25, -0.2) is 0 Å². The van der Waals surface area contributed by atoms with E-state index < -0.39 is 5.92 Å². The van der Waals surface area contributed by atoms with Crippen molar-refractivity contribution in [3.05, 3.63) is 11.6 Å². The topological polar surface area (TPSA) is 34.1 Å². The number of hydrogen-bond donors (Lipinski definition) is 0. The molecular formula is C20H36O2. The van der Waals surface area contributed by atoms with Crippen molar-refractivity contribution >= 4 is 11.6 Å². The zero-order valence-electron chi connectivity index (χ0n) is 15.7. The van der Waals surface area contributed by atoms with E-state index in [1.54, 1.807) is 6.92 Å². The van der Waals surface area contributed by atoms with Gasteiger partial charge in [0.2, 0.25) is 0 Å². The van der Waals surface area contributed by atoms with Gasteiger partial charge in [0.05, 0.1) is 5.92 Å². The number of allylic oxidation sites excluding steroid dienone is 2. The van der Waals surface area contributed by atoms with Gasteiger partial charge in [-0.15, -0.1) is 0 Å². The lowest BCUT2D eigenvalue weighted by Crippen LogP contribution is -2.21. The molecule has 0 aromatic heterocycles. The molecule has 0 aliphatic heterocycles. The maximum absolute atomic E-state index is 12.2. The molecule has 0 amide bonds. The Morgan fingerprint density at radius 2 is 1.55 bits per heavy atom. The molecule has 0 saturated carbocycles. The van der Waals surface area contributed by atoms with Crippen molar-refractivity contribution < 1.29 is 9.59 Å². The summed E-state index contributed by atoms with van der Waals surface area (Å²) >= 11 is 0. The molecule has 0 unspecified atom stereocenters. The summed E-state index contributed by atoms with van der Waals surface area (Å²) < 4.78 is 0. The highest BCUT2D eigenvalue weighted by Crippen LogP contribution is 2.24. The van der Waals surface area contributed by atoms with Gasteiger partial charge in [-0.3, -0.25) is 9.59 Å². The average molecular weight is 309 g/mol. The first-order valence-electron chi connectivity index (χ1n) is 8.98. The zero-order valence-corrected chi connectivity index (χ0v) is 15.7. The van der Waals surface area contributed by atoms with Crippen LogP contribution in [-0.2, 0) is 9.59 Å². The smallest absolute Gasteiger partial charge is 0.168 e. The fourth-order valence-electron chi connectivity index (χ4n) is 3.40. The first-order chi connectivity index (χ1) is 10.2. The summed E-state index contributed by atoms with van der Waals surface area (Å²) in [5.41, 5.74) is 0.746. The van der Waals surface area contributed by atoms with Gasteiger partial charge in [-0.1, -0.05) is 53.5 Å². The van der Waals surface area contributed by atoms with E-state index in [0.29, 0.717) is 18.3 Å². The quantitative estimate of drug-likeness (QED) is 0.367. The van der Waals surface area contributed by atoms with Crippen LogP contribution in [0.15, 0.2) is 11.6 Å². The number of hydrogen-bond acceptors (Lipinski definition) is 2. The number of rotatable bonds is 11. The summed E-state index contributed by atoms with van der Waals surface area (Å²) in [5, 5.41) is 0. The zero-order chi connectivity index (χ0) is 17.3. The maximum atomic E-state index is 12.2. The normalized spacial score (nSPS) is 17.7. The highest BCUT2D eigenvalue weighted by atomic mass is 16.1. The minimum absolute atomic E-state index is 0.00861. The minimum atomic E-state index is -0.490. The largest absolute Gasteiger partial charge is 0.299 e. The van der Waals surface area contributed by atoms with Crippen LogP contribution in [0, 0.1) is 23.7 Å². The molecule has 0 aromatic rings. The number of ketones is 2. The molecule has 0 N–H and O–H groups in total. The SMILES string of the molecule is CCC[C@H](C)C[C@H](C)C[C@H](C)/C=C(\C)C(=O)[C@@H](C)C(=O)CC. The molecule has 0 saturated heterocycles. The Bertz CT molecular complexity index is 381. The highest BCUT2D eigenvalue weighted by molar-refractivity contribution is 6.09. The van der Waals surface area contributed by atoms with Crippen LogP contribution in [0.25, 0.3) is 0 Å². The molecule has 0 radical (unpaired) electrons. The van der Waals surface area contributed by atoms with Crippen molar-refractivity contribution in [2.45, 2.75) is 80.6 Å². The van der Waals surface area contributed by atoms with E-state index >= 15 is 0 Å². The lowest BCUT2D eigenvalue weighted by Gasteiger charge is -2.19. The van der Waals surface area contributed by atoms with Gasteiger partial charge in [0.25, 0.3) is 0 Å². The van der Waals surface area contributed by atoms with Gasteiger partial charge in [0, 0.05) is 6.42 Å². The summed E-state index contributed by atoms with van der Waals surface area (Å²) in [6.07, 6.45) is 7.40. The molecule has 2 heteroatoms. The Labute approximate surface area is 137 Å². The summed E-state index contributed by atoms with van der Waals surface area (Å²) in [6.45, 7) is 14.4. The van der Waals surface area contributed by atoms with E-state index in [0.717, 1.165) is 17.9 Å². The van der Waals surface area contributed by atoms with Gasteiger partial charge >= 0.3 is 0 Å². The van der Waals surface area contributed by atoms with Crippen LogP contribution in [0.3, 0.4) is 0 Å². The molecule has 0 fully saturated rings. The lowest BCUT2D eigenvalue weighted by atomic mass is 9.86. The first kappa shape index (κ1) is 21.1. The third kappa shape index (κ3) is 7.91. The molecular weight excluding hydrogens is 272 g/mol. The Hall–Kier alpha value is -0.920. The predicted octanol–water partition coefficient (Wildman–Crippen LogP) is 5.61. The van der Waals surface area contributed by atoms with Crippen molar-refractivity contribution in [3.8, 4) is 0 Å². The van der Waals surface area contributed by atoms with Crippen LogP contribution >= 0.6 is 0 Å². The number of Topliss-reactive ketones (excluding diaryl/α,β-unsaturated/α-hetero) is 2. The van der Waals surface area contributed by atoms with E-state index in [1.165, 1.54) is 19.3 Å². The Morgan fingerprint density at radius 1 is 0.955 bits per heavy atom. The second-order valence-electron chi connectivity index (χ2n) is 7.20. The molecule has 0 aliphatic carbocycles. The predicted molar refractivity (Wildman–Crippen MR) is 94.9 cm³/mol. The standard InChI is InChI=1S/C20H36O2/c1-8-10-14(3)11-15(4)12-16(5)13-17(6)20(22)18(7)19(21)9-2/h13-16,18H,8-12H2,1-7H3/b17-13+/t14-,15-,16-,18-/m0/s1. The molecule has 128 valence electrons. The van der Waals surface area contributed by atoms with Gasteiger partial charge in [0.1, 0.15) is 5.78 Å². The Morgan fingerprint density at radius 3 is 2.05 bits per heavy atom. The van der Waals surface area contributed by atoms with Crippen molar-refractivity contribution in [3.63, 3.8) is 0 Å². The third-order valence-corrected chi connectivity index (χ3v) is 4.51. The lowest BCUT2D eigenvalue weighted by molar-refractivity contribution is -0.129. The molecule has 4 atom stereocenters. The van der Waals surface area contributed by atoms with Crippen molar-refractivity contribution in [1.29, 1.82) is 0 Å². The van der Waals surface area contributed by atoms with E-state index in [4.69, 9.17) is 0 Å².